The molecule has 0 fully saturated rings. The second kappa shape index (κ2) is 6.10. The van der Waals surface area contributed by atoms with Crippen LogP contribution in [0, 0.1) is 40.4 Å². The Kier molecular flexibility index (Phi) is 4.79. The van der Waals surface area contributed by atoms with E-state index < -0.39 is 0 Å². The lowest BCUT2D eigenvalue weighted by Crippen LogP contribution is -2.06. The summed E-state index contributed by atoms with van der Waals surface area (Å²) in [5.74, 6) is -0.269. The van der Waals surface area contributed by atoms with Crippen LogP contribution in [-0.4, -0.2) is 0 Å². The minimum atomic E-state index is -0.368. The minimum Gasteiger partial charge on any atom is -0.207 e. The zero-order valence-corrected chi connectivity index (χ0v) is 15.3. The van der Waals surface area contributed by atoms with Gasteiger partial charge in [-0.3, -0.25) is 0 Å². The molecule has 0 N–H and O–H groups in total. The fourth-order valence-electron chi connectivity index (χ4n) is 2.77. The van der Waals surface area contributed by atoms with Crippen LogP contribution < -0.4 is 0 Å². The third-order valence-electron chi connectivity index (χ3n) is 4.54. The van der Waals surface area contributed by atoms with Crippen LogP contribution in [0.4, 0.5) is 4.39 Å². The van der Waals surface area contributed by atoms with Crippen LogP contribution in [0.5, 0.6) is 0 Å². The predicted octanol–water partition coefficient (Wildman–Crippen LogP) is 6.46. The smallest absolute Gasteiger partial charge is 0.123 e. The van der Waals surface area contributed by atoms with Crippen molar-refractivity contribution in [2.24, 2.45) is 0 Å². The molecule has 0 aliphatic heterocycles. The summed E-state index contributed by atoms with van der Waals surface area (Å²) in [7, 11) is 0. The van der Waals surface area contributed by atoms with Gasteiger partial charge >= 0.3 is 0 Å². The van der Waals surface area contributed by atoms with Gasteiger partial charge in [0, 0.05) is 4.47 Å². The maximum atomic E-state index is 13.6. The Morgan fingerprint density at radius 2 is 1.38 bits per heavy atom. The van der Waals surface area contributed by atoms with Crippen LogP contribution in [0.15, 0.2) is 22.7 Å². The molecule has 0 saturated heterocycles. The summed E-state index contributed by atoms with van der Waals surface area (Å²) in [5, 5.41) is -0.368. The highest BCUT2D eigenvalue weighted by atomic mass is 79.9. The van der Waals surface area contributed by atoms with Gasteiger partial charge in [-0.2, -0.15) is 0 Å². The van der Waals surface area contributed by atoms with E-state index >= 15 is 0 Å². The summed E-state index contributed by atoms with van der Waals surface area (Å²) in [6.45, 7) is 10.5. The van der Waals surface area contributed by atoms with E-state index in [1.54, 1.807) is 6.07 Å². The van der Waals surface area contributed by atoms with Gasteiger partial charge in [0.05, 0.1) is 5.38 Å². The number of hydrogen-bond donors (Lipinski definition) is 0. The summed E-state index contributed by atoms with van der Waals surface area (Å²) >= 11 is 10.2. The van der Waals surface area contributed by atoms with E-state index in [2.05, 4.69) is 50.5 Å². The maximum Gasteiger partial charge on any atom is 0.123 e. The van der Waals surface area contributed by atoms with E-state index in [9.17, 15) is 4.39 Å². The van der Waals surface area contributed by atoms with Crippen LogP contribution in [0.2, 0.25) is 0 Å². The molecule has 0 heterocycles. The van der Waals surface area contributed by atoms with Crippen molar-refractivity contribution >= 4 is 27.5 Å². The van der Waals surface area contributed by atoms with Gasteiger partial charge in [0.15, 0.2) is 0 Å². The molecule has 0 nitrogen and oxygen atoms in total. The fraction of sp³-hybridized carbons (Fsp3) is 0.333. The number of benzene rings is 2. The standard InChI is InChI=1S/C18H19BrClF/c1-9-10(2)12(4)17(13(5)11(9)3)18(20)15-8-14(21)6-7-16(15)19/h6-8,18H,1-5H3. The van der Waals surface area contributed by atoms with Crippen molar-refractivity contribution in [3.05, 3.63) is 67.4 Å². The van der Waals surface area contributed by atoms with E-state index in [0.29, 0.717) is 0 Å². The number of alkyl halides is 1. The number of hydrogen-bond acceptors (Lipinski definition) is 0. The summed E-state index contributed by atoms with van der Waals surface area (Å²) < 4.78 is 14.4. The highest BCUT2D eigenvalue weighted by Crippen LogP contribution is 2.40. The van der Waals surface area contributed by atoms with Crippen LogP contribution in [0.1, 0.15) is 44.3 Å². The van der Waals surface area contributed by atoms with E-state index in [4.69, 9.17) is 11.6 Å². The first-order chi connectivity index (χ1) is 9.75. The Balaban J connectivity index is 2.69. The topological polar surface area (TPSA) is 0 Å². The molecule has 1 unspecified atom stereocenters. The molecular weight excluding hydrogens is 351 g/mol. The summed E-state index contributed by atoms with van der Waals surface area (Å²) in [4.78, 5) is 0. The molecule has 1 atom stereocenters. The van der Waals surface area contributed by atoms with E-state index in [1.807, 2.05) is 0 Å². The summed E-state index contributed by atoms with van der Waals surface area (Å²) in [6, 6.07) is 4.65. The molecule has 0 aliphatic rings. The second-order valence-corrected chi connectivity index (χ2v) is 6.86. The molecule has 2 aromatic rings. The van der Waals surface area contributed by atoms with Crippen molar-refractivity contribution in [2.45, 2.75) is 40.0 Å². The normalized spacial score (nSPS) is 12.6. The molecule has 3 heteroatoms. The largest absolute Gasteiger partial charge is 0.207 e. The Morgan fingerprint density at radius 1 is 0.905 bits per heavy atom. The third-order valence-corrected chi connectivity index (χ3v) is 5.72. The molecular formula is C18H19BrClF. The quantitative estimate of drug-likeness (QED) is 0.533. The van der Waals surface area contributed by atoms with Crippen molar-refractivity contribution in [3.63, 3.8) is 0 Å². The molecule has 0 aliphatic carbocycles. The molecule has 0 amide bonds. The van der Waals surface area contributed by atoms with Gasteiger partial charge in [0.25, 0.3) is 0 Å². The number of halogens is 3. The number of rotatable bonds is 2. The van der Waals surface area contributed by atoms with Crippen molar-refractivity contribution in [1.29, 1.82) is 0 Å². The minimum absolute atomic E-state index is 0.269. The van der Waals surface area contributed by atoms with Crippen molar-refractivity contribution in [1.82, 2.24) is 0 Å². The van der Waals surface area contributed by atoms with E-state index in [-0.39, 0.29) is 11.2 Å². The van der Waals surface area contributed by atoms with Gasteiger partial charge < -0.3 is 0 Å². The van der Waals surface area contributed by atoms with Gasteiger partial charge in [0.2, 0.25) is 0 Å². The molecule has 0 saturated carbocycles. The van der Waals surface area contributed by atoms with Gasteiger partial charge in [0.1, 0.15) is 5.82 Å². The zero-order chi connectivity index (χ0) is 15.9. The highest BCUT2D eigenvalue weighted by molar-refractivity contribution is 9.10. The molecule has 2 rings (SSSR count). The molecule has 0 bridgehead atoms. The maximum absolute atomic E-state index is 13.6. The van der Waals surface area contributed by atoms with Gasteiger partial charge in [-0.1, -0.05) is 15.9 Å². The molecule has 21 heavy (non-hydrogen) atoms. The van der Waals surface area contributed by atoms with Gasteiger partial charge in [-0.05, 0) is 91.8 Å². The van der Waals surface area contributed by atoms with Crippen LogP contribution in [0.3, 0.4) is 0 Å². The molecule has 2 aromatic carbocycles. The molecule has 0 spiro atoms. The van der Waals surface area contributed by atoms with E-state index in [1.165, 1.54) is 39.9 Å². The summed E-state index contributed by atoms with van der Waals surface area (Å²) in [5.41, 5.74) is 8.04. The van der Waals surface area contributed by atoms with Crippen molar-refractivity contribution < 1.29 is 4.39 Å². The summed E-state index contributed by atoms with van der Waals surface area (Å²) in [6.07, 6.45) is 0. The predicted molar refractivity (Wildman–Crippen MR) is 91.9 cm³/mol. The lowest BCUT2D eigenvalue weighted by molar-refractivity contribution is 0.625. The monoisotopic (exact) mass is 368 g/mol. The SMILES string of the molecule is Cc1c(C)c(C)c(C(Cl)c2cc(F)ccc2Br)c(C)c1C. The van der Waals surface area contributed by atoms with Gasteiger partial charge in [-0.15, -0.1) is 11.6 Å². The first-order valence-corrected chi connectivity index (χ1v) is 8.14. The Bertz CT molecular complexity index is 678. The lowest BCUT2D eigenvalue weighted by atomic mass is 9.86. The Labute approximate surface area is 139 Å². The first kappa shape index (κ1) is 16.5. The average Bonchev–Trinajstić information content (AvgIpc) is 2.45. The fourth-order valence-corrected chi connectivity index (χ4v) is 3.89. The Morgan fingerprint density at radius 3 is 1.90 bits per heavy atom. The van der Waals surface area contributed by atoms with Crippen LogP contribution >= 0.6 is 27.5 Å². The molecule has 0 aromatic heterocycles. The van der Waals surface area contributed by atoms with E-state index in [0.717, 1.165) is 15.6 Å². The first-order valence-electron chi connectivity index (χ1n) is 6.91. The average molecular weight is 370 g/mol. The zero-order valence-electron chi connectivity index (χ0n) is 12.9. The second-order valence-electron chi connectivity index (χ2n) is 5.57. The Hall–Kier alpha value is -0.860. The highest BCUT2D eigenvalue weighted by Gasteiger charge is 2.22. The molecule has 112 valence electrons. The third kappa shape index (κ3) is 2.89. The van der Waals surface area contributed by atoms with Crippen molar-refractivity contribution in [2.75, 3.05) is 0 Å². The van der Waals surface area contributed by atoms with Crippen LogP contribution in [-0.2, 0) is 0 Å². The lowest BCUT2D eigenvalue weighted by Gasteiger charge is -2.23. The molecule has 0 radical (unpaired) electrons. The van der Waals surface area contributed by atoms with Crippen molar-refractivity contribution in [3.8, 4) is 0 Å². The van der Waals surface area contributed by atoms with Gasteiger partial charge in [-0.25, -0.2) is 4.39 Å². The van der Waals surface area contributed by atoms with Crippen LogP contribution in [0.25, 0.3) is 0 Å².